The molecule has 0 radical (unpaired) electrons. The molecule has 1 fully saturated rings. The third kappa shape index (κ3) is 3.28. The molecule has 102 valence electrons. The number of carbonyl (C=O) groups is 2. The van der Waals surface area contributed by atoms with Crippen LogP contribution in [0.5, 0.6) is 0 Å². The van der Waals surface area contributed by atoms with Crippen LogP contribution in [0.3, 0.4) is 0 Å². The van der Waals surface area contributed by atoms with Crippen molar-refractivity contribution in [2.75, 3.05) is 17.2 Å². The highest BCUT2D eigenvalue weighted by Crippen LogP contribution is 2.27. The van der Waals surface area contributed by atoms with Gasteiger partial charge in [0.15, 0.2) is 16.8 Å². The third-order valence-corrected chi connectivity index (χ3v) is 3.82. The van der Waals surface area contributed by atoms with E-state index in [2.05, 4.69) is 4.98 Å². The van der Waals surface area contributed by atoms with Gasteiger partial charge in [0.05, 0.1) is 6.20 Å². The molecule has 4 nitrogen and oxygen atoms in total. The van der Waals surface area contributed by atoms with E-state index in [0.29, 0.717) is 18.4 Å². The van der Waals surface area contributed by atoms with E-state index in [1.165, 1.54) is 11.8 Å². The Morgan fingerprint density at radius 2 is 2.32 bits per heavy atom. The van der Waals surface area contributed by atoms with E-state index in [1.807, 2.05) is 0 Å². The third-order valence-electron chi connectivity index (χ3n) is 2.77. The predicted octanol–water partition coefficient (Wildman–Crippen LogP) is 1.99. The fourth-order valence-electron chi connectivity index (χ4n) is 1.94. The van der Waals surface area contributed by atoms with E-state index in [1.54, 1.807) is 0 Å². The van der Waals surface area contributed by atoms with Gasteiger partial charge in [0.1, 0.15) is 5.82 Å². The molecule has 0 saturated carbocycles. The van der Waals surface area contributed by atoms with Gasteiger partial charge in [-0.15, -0.1) is 0 Å². The first kappa shape index (κ1) is 13.9. The Bertz CT molecular complexity index is 524. The minimum atomic E-state index is -0.853. The zero-order valence-corrected chi connectivity index (χ0v) is 11.0. The minimum Gasteiger partial charge on any atom is -0.294 e. The minimum absolute atomic E-state index is 0.0167. The molecular weight excluding hydrogens is 274 g/mol. The Hall–Kier alpha value is -1.50. The van der Waals surface area contributed by atoms with Crippen molar-refractivity contribution in [3.63, 3.8) is 0 Å². The molecule has 19 heavy (non-hydrogen) atoms. The van der Waals surface area contributed by atoms with Crippen LogP contribution in [-0.4, -0.2) is 28.3 Å². The molecule has 1 aromatic heterocycles. The second-order valence-electron chi connectivity index (χ2n) is 4.34. The maximum Gasteiger partial charge on any atom is 0.228 e. The zero-order chi connectivity index (χ0) is 14.0. The van der Waals surface area contributed by atoms with Crippen molar-refractivity contribution in [1.29, 1.82) is 0 Å². The van der Waals surface area contributed by atoms with Crippen LogP contribution >= 0.6 is 11.8 Å². The van der Waals surface area contributed by atoms with Crippen molar-refractivity contribution >= 4 is 28.6 Å². The first-order valence-corrected chi connectivity index (χ1v) is 6.70. The van der Waals surface area contributed by atoms with E-state index in [4.69, 9.17) is 0 Å². The van der Waals surface area contributed by atoms with Crippen LogP contribution in [0.1, 0.15) is 13.3 Å². The lowest BCUT2D eigenvalue weighted by molar-refractivity contribution is -0.117. The van der Waals surface area contributed by atoms with E-state index < -0.39 is 11.6 Å². The lowest BCUT2D eigenvalue weighted by atomic mass is 10.1. The van der Waals surface area contributed by atoms with Gasteiger partial charge in [-0.3, -0.25) is 14.5 Å². The van der Waals surface area contributed by atoms with Gasteiger partial charge < -0.3 is 0 Å². The predicted molar refractivity (Wildman–Crippen MR) is 67.8 cm³/mol. The fourth-order valence-corrected chi connectivity index (χ4v) is 2.63. The summed E-state index contributed by atoms with van der Waals surface area (Å²) in [6, 6.07) is 0.702. The Labute approximate surface area is 113 Å². The number of anilines is 1. The Kier molecular flexibility index (Phi) is 4.14. The number of carbonyl (C=O) groups excluding carboxylic acids is 2. The molecule has 0 spiro atoms. The summed E-state index contributed by atoms with van der Waals surface area (Å²) in [4.78, 5) is 27.5. The molecule has 7 heteroatoms. The van der Waals surface area contributed by atoms with Crippen LogP contribution in [0.4, 0.5) is 14.6 Å². The second kappa shape index (κ2) is 5.64. The maximum absolute atomic E-state index is 13.6. The molecule has 1 aromatic rings. The van der Waals surface area contributed by atoms with Crippen LogP contribution in [0, 0.1) is 17.6 Å². The average Bonchev–Trinajstić information content (AvgIpc) is 2.68. The summed E-state index contributed by atoms with van der Waals surface area (Å²) >= 11 is 1.14. The topological polar surface area (TPSA) is 50.3 Å². The summed E-state index contributed by atoms with van der Waals surface area (Å²) in [7, 11) is 0. The number of thioether (sulfide) groups is 1. The number of nitrogens with zero attached hydrogens (tertiary/aromatic N) is 2. The molecule has 0 aromatic carbocycles. The normalized spacial score (nSPS) is 19.0. The van der Waals surface area contributed by atoms with Crippen molar-refractivity contribution in [2.45, 2.75) is 13.3 Å². The number of halogens is 2. The monoisotopic (exact) mass is 286 g/mol. The molecule has 0 N–H and O–H groups in total. The molecular formula is C12H12F2N2O2S. The summed E-state index contributed by atoms with van der Waals surface area (Å²) in [6.07, 6.45) is 1.13. The highest BCUT2D eigenvalue weighted by Gasteiger charge is 2.33. The van der Waals surface area contributed by atoms with Crippen molar-refractivity contribution in [3.8, 4) is 0 Å². The first-order chi connectivity index (χ1) is 8.97. The zero-order valence-electron chi connectivity index (χ0n) is 10.2. The molecule has 1 saturated heterocycles. The molecule has 0 aliphatic carbocycles. The van der Waals surface area contributed by atoms with Crippen LogP contribution in [0.25, 0.3) is 0 Å². The second-order valence-corrected chi connectivity index (χ2v) is 5.53. The molecule has 2 rings (SSSR count). The van der Waals surface area contributed by atoms with Gasteiger partial charge in [0.2, 0.25) is 5.91 Å². The number of aromatic nitrogens is 1. The molecule has 2 heterocycles. The number of amides is 1. The Morgan fingerprint density at radius 1 is 1.58 bits per heavy atom. The molecule has 1 aliphatic rings. The standard InChI is InChI=1S/C12H12F2N2O2S/c1-7(17)19-6-8-2-11(18)16(5-8)12-10(14)3-9(13)4-15-12/h3-4,8H,2,5-6H2,1H3. The largest absolute Gasteiger partial charge is 0.294 e. The Morgan fingerprint density at radius 3 is 2.95 bits per heavy atom. The van der Waals surface area contributed by atoms with E-state index in [9.17, 15) is 18.4 Å². The average molecular weight is 286 g/mol. The van der Waals surface area contributed by atoms with E-state index in [-0.39, 0.29) is 29.2 Å². The highest BCUT2D eigenvalue weighted by atomic mass is 32.2. The SMILES string of the molecule is CC(=O)SCC1CC(=O)N(c2ncc(F)cc2F)C1. The van der Waals surface area contributed by atoms with Gasteiger partial charge in [0, 0.05) is 31.7 Å². The van der Waals surface area contributed by atoms with Crippen molar-refractivity contribution in [3.05, 3.63) is 23.9 Å². The van der Waals surface area contributed by atoms with Crippen LogP contribution in [0.15, 0.2) is 12.3 Å². The molecule has 0 bridgehead atoms. The number of pyridine rings is 1. The van der Waals surface area contributed by atoms with Gasteiger partial charge >= 0.3 is 0 Å². The van der Waals surface area contributed by atoms with Crippen LogP contribution < -0.4 is 4.90 Å². The van der Waals surface area contributed by atoms with Crippen molar-refractivity contribution in [1.82, 2.24) is 4.98 Å². The van der Waals surface area contributed by atoms with Gasteiger partial charge in [-0.2, -0.15) is 0 Å². The summed E-state index contributed by atoms with van der Waals surface area (Å²) in [5, 5.41) is -0.0167. The summed E-state index contributed by atoms with van der Waals surface area (Å²) in [5.74, 6) is -1.55. The highest BCUT2D eigenvalue weighted by molar-refractivity contribution is 8.13. The molecule has 1 unspecified atom stereocenters. The van der Waals surface area contributed by atoms with Crippen LogP contribution in [-0.2, 0) is 9.59 Å². The lowest BCUT2D eigenvalue weighted by Gasteiger charge is -2.15. The van der Waals surface area contributed by atoms with Gasteiger partial charge in [-0.1, -0.05) is 11.8 Å². The Balaban J connectivity index is 2.09. The first-order valence-electron chi connectivity index (χ1n) is 5.72. The maximum atomic E-state index is 13.6. The van der Waals surface area contributed by atoms with Crippen molar-refractivity contribution < 1.29 is 18.4 Å². The molecule has 1 aliphatic heterocycles. The molecule has 1 amide bonds. The smallest absolute Gasteiger partial charge is 0.228 e. The lowest BCUT2D eigenvalue weighted by Crippen LogP contribution is -2.27. The summed E-state index contributed by atoms with van der Waals surface area (Å²) in [6.45, 7) is 1.76. The van der Waals surface area contributed by atoms with Gasteiger partial charge in [-0.25, -0.2) is 13.8 Å². The number of hydrogen-bond donors (Lipinski definition) is 0. The quantitative estimate of drug-likeness (QED) is 0.852. The fraction of sp³-hybridized carbons (Fsp3) is 0.417. The molecule has 1 atom stereocenters. The van der Waals surface area contributed by atoms with Crippen LogP contribution in [0.2, 0.25) is 0 Å². The van der Waals surface area contributed by atoms with E-state index in [0.717, 1.165) is 18.0 Å². The van der Waals surface area contributed by atoms with Gasteiger partial charge in [-0.05, 0) is 5.92 Å². The van der Waals surface area contributed by atoms with Crippen molar-refractivity contribution in [2.24, 2.45) is 5.92 Å². The summed E-state index contributed by atoms with van der Waals surface area (Å²) < 4.78 is 26.3. The summed E-state index contributed by atoms with van der Waals surface area (Å²) in [5.41, 5.74) is 0. The van der Waals surface area contributed by atoms with Gasteiger partial charge in [0.25, 0.3) is 0 Å². The number of hydrogen-bond acceptors (Lipinski definition) is 4. The van der Waals surface area contributed by atoms with E-state index >= 15 is 0 Å². The number of rotatable bonds is 3.